The van der Waals surface area contributed by atoms with Crippen LogP contribution >= 0.6 is 0 Å². The maximum absolute atomic E-state index is 13.3. The summed E-state index contributed by atoms with van der Waals surface area (Å²) in [6.45, 7) is 0. The van der Waals surface area contributed by atoms with Gasteiger partial charge in [0.15, 0.2) is 0 Å². The van der Waals surface area contributed by atoms with Crippen LogP contribution in [0.1, 0.15) is 10.4 Å². The van der Waals surface area contributed by atoms with Crippen molar-refractivity contribution in [3.05, 3.63) is 35.8 Å². The molecule has 6 heteroatoms. The molecular weight excluding hydrogens is 251 g/mol. The number of esters is 1. The number of H-pyrrole nitrogens is 1. The molecule has 0 amide bonds. The molecule has 0 saturated heterocycles. The molecule has 0 aliphatic carbocycles. The van der Waals surface area contributed by atoms with E-state index < -0.39 is 11.8 Å². The van der Waals surface area contributed by atoms with Gasteiger partial charge in [0.1, 0.15) is 11.4 Å². The van der Waals surface area contributed by atoms with Crippen LogP contribution in [0, 0.1) is 5.82 Å². The zero-order valence-corrected chi connectivity index (χ0v) is 9.90. The van der Waals surface area contributed by atoms with E-state index in [1.165, 1.54) is 31.5 Å². The minimum Gasteiger partial charge on any atom is -0.493 e. The first-order chi connectivity index (χ1) is 9.11. The van der Waals surface area contributed by atoms with Gasteiger partial charge >= 0.3 is 5.97 Å². The summed E-state index contributed by atoms with van der Waals surface area (Å²) in [6.07, 6.45) is 1.22. The number of pyridine rings is 1. The van der Waals surface area contributed by atoms with Gasteiger partial charge in [-0.3, -0.25) is 0 Å². The van der Waals surface area contributed by atoms with Gasteiger partial charge in [-0.15, -0.1) is 0 Å². The molecule has 2 N–H and O–H groups in total. The van der Waals surface area contributed by atoms with Crippen LogP contribution in [0.4, 0.5) is 4.39 Å². The lowest BCUT2D eigenvalue weighted by Gasteiger charge is -2.01. The van der Waals surface area contributed by atoms with Crippen LogP contribution in [0.3, 0.4) is 0 Å². The van der Waals surface area contributed by atoms with Crippen LogP contribution in [-0.4, -0.2) is 28.2 Å². The monoisotopic (exact) mass is 260 g/mol. The number of aromatic amines is 1. The number of aromatic hydroxyl groups is 1. The standard InChI is InChI=1S/C13H9FN2O3/c1-19-13(18)8-5-15-12(17)10-7-4-6(14)2-3-9(7)16-11(8)10/h2-5,16H,1H3,(H,15,17). The van der Waals surface area contributed by atoms with Crippen molar-refractivity contribution >= 4 is 27.8 Å². The number of nitrogens with one attached hydrogen (secondary N) is 1. The molecule has 2 heterocycles. The molecule has 2 aromatic heterocycles. The van der Waals surface area contributed by atoms with Crippen LogP contribution in [0.25, 0.3) is 21.8 Å². The highest BCUT2D eigenvalue weighted by atomic mass is 19.1. The first kappa shape index (κ1) is 11.5. The highest BCUT2D eigenvalue weighted by Crippen LogP contribution is 2.33. The minimum absolute atomic E-state index is 0.187. The molecule has 0 spiro atoms. The lowest BCUT2D eigenvalue weighted by molar-refractivity contribution is 0.0602. The van der Waals surface area contributed by atoms with E-state index in [4.69, 9.17) is 0 Å². The van der Waals surface area contributed by atoms with E-state index in [1.54, 1.807) is 0 Å². The lowest BCUT2D eigenvalue weighted by atomic mass is 10.1. The zero-order chi connectivity index (χ0) is 13.6. The maximum Gasteiger partial charge on any atom is 0.341 e. The summed E-state index contributed by atoms with van der Waals surface area (Å²) in [5.41, 5.74) is 1.16. The number of aromatic nitrogens is 2. The molecule has 0 fully saturated rings. The van der Waals surface area contributed by atoms with Gasteiger partial charge in [0.25, 0.3) is 0 Å². The van der Waals surface area contributed by atoms with E-state index in [2.05, 4.69) is 14.7 Å². The fraction of sp³-hybridized carbons (Fsp3) is 0.0769. The van der Waals surface area contributed by atoms with Crippen molar-refractivity contribution in [2.45, 2.75) is 0 Å². The minimum atomic E-state index is -0.579. The van der Waals surface area contributed by atoms with Gasteiger partial charge in [0, 0.05) is 17.1 Å². The molecule has 5 nitrogen and oxygen atoms in total. The number of rotatable bonds is 1. The summed E-state index contributed by atoms with van der Waals surface area (Å²) < 4.78 is 17.9. The number of ether oxygens (including phenoxy) is 1. The zero-order valence-electron chi connectivity index (χ0n) is 9.90. The number of halogens is 1. The van der Waals surface area contributed by atoms with Gasteiger partial charge in [0.05, 0.1) is 18.0 Å². The molecule has 0 radical (unpaired) electrons. The number of carbonyl (C=O) groups is 1. The predicted molar refractivity (Wildman–Crippen MR) is 66.6 cm³/mol. The molecule has 3 rings (SSSR count). The summed E-state index contributed by atoms with van der Waals surface area (Å²) in [6, 6.07) is 4.10. The summed E-state index contributed by atoms with van der Waals surface area (Å²) in [5.74, 6) is -1.28. The quantitative estimate of drug-likeness (QED) is 0.658. The van der Waals surface area contributed by atoms with Crippen LogP contribution in [0.5, 0.6) is 5.88 Å². The van der Waals surface area contributed by atoms with Crippen LogP contribution in [0.2, 0.25) is 0 Å². The fourth-order valence-electron chi connectivity index (χ4n) is 2.12. The number of methoxy groups -OCH3 is 1. The topological polar surface area (TPSA) is 75.2 Å². The average Bonchev–Trinajstić information content (AvgIpc) is 2.77. The molecule has 0 unspecified atom stereocenters. The molecule has 0 bridgehead atoms. The van der Waals surface area contributed by atoms with Gasteiger partial charge in [0.2, 0.25) is 5.88 Å². The maximum atomic E-state index is 13.3. The molecule has 3 aromatic rings. The molecule has 0 atom stereocenters. The Hall–Kier alpha value is -2.63. The van der Waals surface area contributed by atoms with E-state index in [1.807, 2.05) is 0 Å². The summed E-state index contributed by atoms with van der Waals surface area (Å²) in [4.78, 5) is 18.3. The van der Waals surface area contributed by atoms with Crippen molar-refractivity contribution < 1.29 is 19.0 Å². The van der Waals surface area contributed by atoms with Crippen molar-refractivity contribution in [1.29, 1.82) is 0 Å². The molecular formula is C13H9FN2O3. The average molecular weight is 260 g/mol. The molecule has 19 heavy (non-hydrogen) atoms. The molecule has 0 aliphatic heterocycles. The number of hydrogen-bond acceptors (Lipinski definition) is 4. The summed E-state index contributed by atoms with van der Waals surface area (Å²) in [7, 11) is 1.25. The first-order valence-electron chi connectivity index (χ1n) is 5.49. The van der Waals surface area contributed by atoms with Crippen molar-refractivity contribution in [2.24, 2.45) is 0 Å². The van der Waals surface area contributed by atoms with Crippen LogP contribution < -0.4 is 0 Å². The Bertz CT molecular complexity index is 810. The second kappa shape index (κ2) is 3.94. The van der Waals surface area contributed by atoms with E-state index in [0.29, 0.717) is 21.8 Å². The number of hydrogen-bond donors (Lipinski definition) is 2. The second-order valence-corrected chi connectivity index (χ2v) is 4.05. The smallest absolute Gasteiger partial charge is 0.341 e. The van der Waals surface area contributed by atoms with Gasteiger partial charge in [-0.05, 0) is 18.2 Å². The molecule has 1 aromatic carbocycles. The fourth-order valence-corrected chi connectivity index (χ4v) is 2.12. The Kier molecular flexibility index (Phi) is 2.38. The van der Waals surface area contributed by atoms with Gasteiger partial charge in [-0.2, -0.15) is 0 Å². The summed E-state index contributed by atoms with van der Waals surface area (Å²) >= 11 is 0. The number of carbonyl (C=O) groups excluding carboxylic acids is 1. The summed E-state index contributed by atoms with van der Waals surface area (Å²) in [5, 5.41) is 10.6. The second-order valence-electron chi connectivity index (χ2n) is 4.05. The van der Waals surface area contributed by atoms with E-state index in [-0.39, 0.29) is 11.4 Å². The Morgan fingerprint density at radius 1 is 1.47 bits per heavy atom. The number of benzene rings is 1. The third-order valence-electron chi connectivity index (χ3n) is 2.97. The van der Waals surface area contributed by atoms with Gasteiger partial charge in [-0.25, -0.2) is 14.2 Å². The van der Waals surface area contributed by atoms with E-state index >= 15 is 0 Å². The predicted octanol–water partition coefficient (Wildman–Crippen LogP) is 2.35. The van der Waals surface area contributed by atoms with Crippen molar-refractivity contribution in [2.75, 3.05) is 7.11 Å². The lowest BCUT2D eigenvalue weighted by Crippen LogP contribution is -2.02. The van der Waals surface area contributed by atoms with Gasteiger partial charge in [-0.1, -0.05) is 0 Å². The van der Waals surface area contributed by atoms with Crippen molar-refractivity contribution in [1.82, 2.24) is 9.97 Å². The Morgan fingerprint density at radius 2 is 2.26 bits per heavy atom. The normalized spacial score (nSPS) is 11.1. The highest BCUT2D eigenvalue weighted by molar-refractivity contribution is 6.15. The largest absolute Gasteiger partial charge is 0.493 e. The van der Waals surface area contributed by atoms with Crippen LogP contribution in [0.15, 0.2) is 24.4 Å². The number of nitrogens with zero attached hydrogens (tertiary/aromatic N) is 1. The van der Waals surface area contributed by atoms with Crippen molar-refractivity contribution in [3.63, 3.8) is 0 Å². The van der Waals surface area contributed by atoms with Crippen LogP contribution in [-0.2, 0) is 4.74 Å². The van der Waals surface area contributed by atoms with E-state index in [9.17, 15) is 14.3 Å². The third-order valence-corrected chi connectivity index (χ3v) is 2.97. The Morgan fingerprint density at radius 3 is 3.00 bits per heavy atom. The first-order valence-corrected chi connectivity index (χ1v) is 5.49. The van der Waals surface area contributed by atoms with Gasteiger partial charge < -0.3 is 14.8 Å². The SMILES string of the molecule is COC(=O)c1cnc(O)c2c1[nH]c1ccc(F)cc12. The molecule has 96 valence electrons. The highest BCUT2D eigenvalue weighted by Gasteiger charge is 2.18. The number of fused-ring (bicyclic) bond motifs is 3. The molecule has 0 saturated carbocycles. The third kappa shape index (κ3) is 1.61. The molecule has 0 aliphatic rings. The Labute approximate surface area is 106 Å². The van der Waals surface area contributed by atoms with E-state index in [0.717, 1.165) is 0 Å². The Balaban J connectivity index is 2.48. The van der Waals surface area contributed by atoms with Crippen molar-refractivity contribution in [3.8, 4) is 5.88 Å².